The highest BCUT2D eigenvalue weighted by Crippen LogP contribution is 2.52. The summed E-state index contributed by atoms with van der Waals surface area (Å²) in [6, 6.07) is 60.4. The zero-order chi connectivity index (χ0) is 34.2. The van der Waals surface area contributed by atoms with Crippen molar-refractivity contribution in [3.8, 4) is 45.3 Å². The van der Waals surface area contributed by atoms with E-state index in [1.54, 1.807) is 11.3 Å². The summed E-state index contributed by atoms with van der Waals surface area (Å²) in [7, 11) is 0. The van der Waals surface area contributed by atoms with Crippen LogP contribution < -0.4 is 4.90 Å². The number of nitrogens with zero attached hydrogens (tertiary/aromatic N) is 4. The second kappa shape index (κ2) is 11.4. The second-order valence-corrected chi connectivity index (χ2v) is 14.3. The summed E-state index contributed by atoms with van der Waals surface area (Å²) < 4.78 is 2.43. The van der Waals surface area contributed by atoms with Crippen molar-refractivity contribution in [1.82, 2.24) is 15.0 Å². The van der Waals surface area contributed by atoms with Crippen LogP contribution in [0, 0.1) is 0 Å². The van der Waals surface area contributed by atoms with Crippen LogP contribution in [0.3, 0.4) is 0 Å². The summed E-state index contributed by atoms with van der Waals surface area (Å²) in [6.45, 7) is 0. The zero-order valence-electron chi connectivity index (χ0n) is 27.9. The highest BCUT2D eigenvalue weighted by Gasteiger charge is 2.26. The average molecular weight is 681 g/mol. The monoisotopic (exact) mass is 680 g/mol. The normalized spacial score (nSPS) is 12.2. The Bertz CT molecular complexity index is 3020. The molecule has 0 amide bonds. The van der Waals surface area contributed by atoms with Crippen molar-refractivity contribution in [2.45, 2.75) is 0 Å². The molecule has 0 fully saturated rings. The number of aromatic nitrogens is 3. The molecule has 0 atom stereocenters. The third-order valence-corrected chi connectivity index (χ3v) is 11.4. The van der Waals surface area contributed by atoms with E-state index >= 15 is 0 Å². The molecule has 0 radical (unpaired) electrons. The van der Waals surface area contributed by atoms with Crippen molar-refractivity contribution in [2.24, 2.45) is 0 Å². The van der Waals surface area contributed by atoms with Crippen molar-refractivity contribution in [3.63, 3.8) is 0 Å². The number of hydrogen-bond acceptors (Lipinski definition) is 5. The molecule has 11 rings (SSSR count). The van der Waals surface area contributed by atoms with Gasteiger partial charge in [-0.05, 0) is 76.3 Å². The fraction of sp³-hybridized carbons (Fsp3) is 0. The summed E-state index contributed by atoms with van der Waals surface area (Å²) in [6.07, 6.45) is 0. The lowest BCUT2D eigenvalue weighted by molar-refractivity contribution is 1.08. The van der Waals surface area contributed by atoms with E-state index < -0.39 is 0 Å². The minimum Gasteiger partial charge on any atom is -0.309 e. The molecule has 0 saturated carbocycles. The van der Waals surface area contributed by atoms with E-state index in [0.717, 1.165) is 22.4 Å². The number of thiophene rings is 1. The van der Waals surface area contributed by atoms with Crippen molar-refractivity contribution in [1.29, 1.82) is 0 Å². The molecule has 0 N–H and O–H groups in total. The Kier molecular flexibility index (Phi) is 6.39. The van der Waals surface area contributed by atoms with Crippen molar-refractivity contribution in [3.05, 3.63) is 170 Å². The Morgan fingerprint density at radius 1 is 0.404 bits per heavy atom. The molecule has 5 heteroatoms. The van der Waals surface area contributed by atoms with Gasteiger partial charge in [0.05, 0.1) is 11.4 Å². The van der Waals surface area contributed by atoms with Crippen LogP contribution in [-0.4, -0.2) is 15.0 Å². The lowest BCUT2D eigenvalue weighted by Gasteiger charge is -2.34. The molecule has 0 unspecified atom stereocenters. The lowest BCUT2D eigenvalue weighted by atomic mass is 9.89. The Morgan fingerprint density at radius 2 is 1.02 bits per heavy atom. The van der Waals surface area contributed by atoms with E-state index in [9.17, 15) is 0 Å². The van der Waals surface area contributed by atoms with Crippen LogP contribution in [0.2, 0.25) is 0 Å². The largest absolute Gasteiger partial charge is 0.309 e. The number of hydrogen-bond donors (Lipinski definition) is 0. The van der Waals surface area contributed by atoms with Gasteiger partial charge >= 0.3 is 0 Å². The molecular weight excluding hydrogens is 653 g/mol. The highest BCUT2D eigenvalue weighted by atomic mass is 32.1. The second-order valence-electron chi connectivity index (χ2n) is 13.2. The maximum atomic E-state index is 5.16. The first-order valence-electron chi connectivity index (χ1n) is 17.4. The Morgan fingerprint density at radius 3 is 1.85 bits per heavy atom. The van der Waals surface area contributed by atoms with Gasteiger partial charge in [-0.25, -0.2) is 15.0 Å². The molecule has 1 aliphatic heterocycles. The molecule has 0 aliphatic carbocycles. The van der Waals surface area contributed by atoms with Gasteiger partial charge in [0.1, 0.15) is 0 Å². The predicted octanol–water partition coefficient (Wildman–Crippen LogP) is 13.0. The van der Waals surface area contributed by atoms with Crippen LogP contribution in [0.25, 0.3) is 87.0 Å². The minimum absolute atomic E-state index is 0.644. The SMILES string of the molecule is c1ccc(-c2nc(-c3ccc(N4c5cc6ccccc6cc5-c5cccc6cccc4c56)cc3)nc(-c3cccc4c3sc3ccccc34)n2)cc1. The summed E-state index contributed by atoms with van der Waals surface area (Å²) in [5.41, 5.74) is 8.82. The van der Waals surface area contributed by atoms with E-state index in [1.165, 1.54) is 64.2 Å². The quantitative estimate of drug-likeness (QED) is 0.186. The first-order valence-corrected chi connectivity index (χ1v) is 18.3. The van der Waals surface area contributed by atoms with Gasteiger partial charge in [0, 0.05) is 53.5 Å². The molecule has 4 nitrogen and oxygen atoms in total. The van der Waals surface area contributed by atoms with Gasteiger partial charge in [0.15, 0.2) is 17.5 Å². The van der Waals surface area contributed by atoms with Gasteiger partial charge in [-0.2, -0.15) is 0 Å². The van der Waals surface area contributed by atoms with E-state index in [4.69, 9.17) is 15.0 Å². The van der Waals surface area contributed by atoms with Gasteiger partial charge < -0.3 is 4.90 Å². The van der Waals surface area contributed by atoms with Crippen molar-refractivity contribution >= 4 is 70.1 Å². The molecule has 10 aromatic rings. The smallest absolute Gasteiger partial charge is 0.165 e. The topological polar surface area (TPSA) is 41.9 Å². The fourth-order valence-electron chi connectivity index (χ4n) is 7.79. The molecule has 0 spiro atoms. The zero-order valence-corrected chi connectivity index (χ0v) is 28.7. The summed E-state index contributed by atoms with van der Waals surface area (Å²) >= 11 is 1.79. The molecule has 1 aliphatic rings. The van der Waals surface area contributed by atoms with Crippen LogP contribution >= 0.6 is 11.3 Å². The number of benzene rings is 8. The molecule has 0 saturated heterocycles. The number of fused-ring (bicyclic) bond motifs is 6. The maximum Gasteiger partial charge on any atom is 0.165 e. The average Bonchev–Trinajstić information content (AvgIpc) is 3.60. The fourth-order valence-corrected chi connectivity index (χ4v) is 9.01. The third kappa shape index (κ3) is 4.50. The minimum atomic E-state index is 0.644. The van der Waals surface area contributed by atoms with Crippen LogP contribution in [0.4, 0.5) is 17.1 Å². The van der Waals surface area contributed by atoms with E-state index in [2.05, 4.69) is 157 Å². The van der Waals surface area contributed by atoms with Crippen LogP contribution in [0.15, 0.2) is 170 Å². The molecule has 3 heterocycles. The van der Waals surface area contributed by atoms with Crippen molar-refractivity contribution < 1.29 is 0 Å². The third-order valence-electron chi connectivity index (χ3n) is 10.2. The predicted molar refractivity (Wildman–Crippen MR) is 218 cm³/mol. The van der Waals surface area contributed by atoms with Gasteiger partial charge in [0.25, 0.3) is 0 Å². The van der Waals surface area contributed by atoms with E-state index in [-0.39, 0.29) is 0 Å². The van der Waals surface area contributed by atoms with E-state index in [1.807, 2.05) is 18.2 Å². The molecule has 0 bridgehead atoms. The Labute approximate surface area is 303 Å². The van der Waals surface area contributed by atoms with Crippen LogP contribution in [0.5, 0.6) is 0 Å². The Balaban J connectivity index is 1.08. The summed E-state index contributed by atoms with van der Waals surface area (Å²) in [5, 5.41) is 7.42. The van der Waals surface area contributed by atoms with Gasteiger partial charge in [-0.3, -0.25) is 0 Å². The molecule has 8 aromatic carbocycles. The standard InChI is InChI=1S/C47H28N4S/c1-2-11-30(12-3-1)45-48-46(50-47(49-45)38-20-10-19-37-35-17-6-7-22-42(35)52-44(37)38)31-23-25-34(26-24-31)51-40-21-9-16-29-15-8-18-36(43(29)40)39-27-32-13-4-5-14-33(32)28-41(39)51/h1-28H. The van der Waals surface area contributed by atoms with Gasteiger partial charge in [-0.1, -0.05) is 115 Å². The van der Waals surface area contributed by atoms with Gasteiger partial charge in [-0.15, -0.1) is 11.3 Å². The maximum absolute atomic E-state index is 5.16. The first kappa shape index (κ1) is 29.1. The highest BCUT2D eigenvalue weighted by molar-refractivity contribution is 7.26. The number of anilines is 3. The summed E-state index contributed by atoms with van der Waals surface area (Å²) in [5.74, 6) is 1.97. The summed E-state index contributed by atoms with van der Waals surface area (Å²) in [4.78, 5) is 17.7. The van der Waals surface area contributed by atoms with Gasteiger partial charge in [0.2, 0.25) is 0 Å². The van der Waals surface area contributed by atoms with Crippen LogP contribution in [-0.2, 0) is 0 Å². The van der Waals surface area contributed by atoms with Crippen molar-refractivity contribution in [2.75, 3.05) is 4.90 Å². The molecule has 52 heavy (non-hydrogen) atoms. The molecule has 242 valence electrons. The first-order chi connectivity index (χ1) is 25.8. The van der Waals surface area contributed by atoms with E-state index in [0.29, 0.717) is 17.5 Å². The number of rotatable bonds is 4. The lowest BCUT2D eigenvalue weighted by Crippen LogP contribution is -2.15. The molecular formula is C47H28N4S. The Hall–Kier alpha value is -6.69. The molecule has 2 aromatic heterocycles. The van der Waals surface area contributed by atoms with Crippen LogP contribution in [0.1, 0.15) is 0 Å².